The zero-order valence-electron chi connectivity index (χ0n) is 18.1. The van der Waals surface area contributed by atoms with Crippen molar-refractivity contribution in [3.63, 3.8) is 0 Å². The predicted molar refractivity (Wildman–Crippen MR) is 126 cm³/mol. The highest BCUT2D eigenvalue weighted by Gasteiger charge is 2.19. The SMILES string of the molecule is CN(c1ccc2cc(C(=O)Nc3cccc(-c4ccc(F)cc4)c3F)n(C)c2c1)S(C)(=O)=O. The van der Waals surface area contributed by atoms with Crippen molar-refractivity contribution in [2.75, 3.05) is 22.9 Å². The van der Waals surface area contributed by atoms with E-state index < -0.39 is 27.6 Å². The van der Waals surface area contributed by atoms with Gasteiger partial charge in [-0.05, 0) is 42.0 Å². The summed E-state index contributed by atoms with van der Waals surface area (Å²) in [6, 6.07) is 16.7. The minimum absolute atomic E-state index is 0.00965. The number of hydrogen-bond acceptors (Lipinski definition) is 3. The molecule has 1 heterocycles. The molecule has 0 fully saturated rings. The molecule has 0 aliphatic rings. The van der Waals surface area contributed by atoms with Crippen molar-refractivity contribution in [1.82, 2.24) is 4.57 Å². The summed E-state index contributed by atoms with van der Waals surface area (Å²) in [4.78, 5) is 13.0. The fraction of sp³-hybridized carbons (Fsp3) is 0.125. The van der Waals surface area contributed by atoms with Gasteiger partial charge < -0.3 is 9.88 Å². The minimum atomic E-state index is -3.44. The molecule has 0 saturated heterocycles. The quantitative estimate of drug-likeness (QED) is 0.458. The number of aryl methyl sites for hydroxylation is 1. The highest BCUT2D eigenvalue weighted by Crippen LogP contribution is 2.29. The Morgan fingerprint density at radius 1 is 1.00 bits per heavy atom. The Hall–Kier alpha value is -3.72. The number of carbonyl (C=O) groups excluding carboxylic acids is 1. The summed E-state index contributed by atoms with van der Waals surface area (Å²) in [5.41, 5.74) is 2.08. The number of aromatic nitrogens is 1. The van der Waals surface area contributed by atoms with Crippen molar-refractivity contribution in [2.45, 2.75) is 0 Å². The van der Waals surface area contributed by atoms with Gasteiger partial charge in [-0.2, -0.15) is 0 Å². The molecule has 1 aromatic heterocycles. The number of benzene rings is 3. The summed E-state index contributed by atoms with van der Waals surface area (Å²) in [6.45, 7) is 0. The third-order valence-electron chi connectivity index (χ3n) is 5.52. The first-order chi connectivity index (χ1) is 15.6. The van der Waals surface area contributed by atoms with Crippen LogP contribution in [0.5, 0.6) is 0 Å². The Morgan fingerprint density at radius 3 is 2.36 bits per heavy atom. The monoisotopic (exact) mass is 469 g/mol. The number of fused-ring (bicyclic) bond motifs is 1. The maximum absolute atomic E-state index is 15.1. The lowest BCUT2D eigenvalue weighted by atomic mass is 10.0. The second-order valence-electron chi connectivity index (χ2n) is 7.69. The van der Waals surface area contributed by atoms with Crippen LogP contribution < -0.4 is 9.62 Å². The zero-order chi connectivity index (χ0) is 23.9. The molecule has 1 amide bonds. The van der Waals surface area contributed by atoms with Crippen molar-refractivity contribution in [2.24, 2.45) is 7.05 Å². The molecule has 0 aliphatic carbocycles. The Labute approximate surface area is 190 Å². The maximum atomic E-state index is 15.1. The van der Waals surface area contributed by atoms with Gasteiger partial charge in [0.05, 0.1) is 23.1 Å². The number of sulfonamides is 1. The maximum Gasteiger partial charge on any atom is 0.272 e. The van der Waals surface area contributed by atoms with E-state index in [4.69, 9.17) is 0 Å². The van der Waals surface area contributed by atoms with Crippen LogP contribution >= 0.6 is 0 Å². The van der Waals surface area contributed by atoms with E-state index in [1.165, 1.54) is 37.4 Å². The summed E-state index contributed by atoms with van der Waals surface area (Å²) < 4.78 is 54.8. The number of nitrogens with zero attached hydrogens (tertiary/aromatic N) is 2. The summed E-state index contributed by atoms with van der Waals surface area (Å²) in [6.07, 6.45) is 1.11. The van der Waals surface area contributed by atoms with Crippen LogP contribution in [0.3, 0.4) is 0 Å². The number of hydrogen-bond donors (Lipinski definition) is 1. The molecule has 33 heavy (non-hydrogen) atoms. The van der Waals surface area contributed by atoms with Crippen molar-refractivity contribution in [3.05, 3.63) is 84.1 Å². The number of nitrogens with one attached hydrogen (secondary N) is 1. The van der Waals surface area contributed by atoms with Crippen molar-refractivity contribution in [3.8, 4) is 11.1 Å². The first-order valence-corrected chi connectivity index (χ1v) is 11.8. The van der Waals surface area contributed by atoms with Crippen LogP contribution in [0, 0.1) is 11.6 Å². The molecule has 6 nitrogen and oxygen atoms in total. The van der Waals surface area contributed by atoms with Crippen molar-refractivity contribution >= 4 is 38.2 Å². The highest BCUT2D eigenvalue weighted by molar-refractivity contribution is 7.92. The number of carbonyl (C=O) groups is 1. The standard InChI is InChI=1S/C24H21F2N3O3S/c1-28-21-14-18(29(2)33(3,31)32)12-9-16(21)13-22(28)24(30)27-20-6-4-5-19(23(20)26)15-7-10-17(25)11-8-15/h4-14H,1-3H3,(H,27,30). The molecule has 0 atom stereocenters. The second kappa shape index (κ2) is 8.32. The lowest BCUT2D eigenvalue weighted by molar-refractivity contribution is 0.101. The van der Waals surface area contributed by atoms with Crippen LogP contribution in [0.1, 0.15) is 10.5 Å². The van der Waals surface area contributed by atoms with Gasteiger partial charge in [-0.15, -0.1) is 0 Å². The van der Waals surface area contributed by atoms with Crippen LogP contribution in [0.25, 0.3) is 22.0 Å². The molecular formula is C24H21F2N3O3S. The fourth-order valence-electron chi connectivity index (χ4n) is 3.59. The van der Waals surface area contributed by atoms with E-state index in [2.05, 4.69) is 5.32 Å². The van der Waals surface area contributed by atoms with Gasteiger partial charge in [0.1, 0.15) is 11.5 Å². The second-order valence-corrected chi connectivity index (χ2v) is 9.70. The van der Waals surface area contributed by atoms with E-state index in [0.29, 0.717) is 16.8 Å². The highest BCUT2D eigenvalue weighted by atomic mass is 32.2. The third-order valence-corrected chi connectivity index (χ3v) is 6.73. The number of rotatable bonds is 5. The molecule has 4 aromatic rings. The molecule has 9 heteroatoms. The van der Waals surface area contributed by atoms with Gasteiger partial charge in [-0.3, -0.25) is 9.10 Å². The first kappa shape index (κ1) is 22.5. The molecule has 4 rings (SSSR count). The van der Waals surface area contributed by atoms with Crippen molar-refractivity contribution < 1.29 is 22.0 Å². The number of amides is 1. The number of anilines is 2. The van der Waals surface area contributed by atoms with Crippen LogP contribution in [0.4, 0.5) is 20.2 Å². The van der Waals surface area contributed by atoms with Crippen LogP contribution in [-0.4, -0.2) is 32.2 Å². The molecule has 170 valence electrons. The summed E-state index contributed by atoms with van der Waals surface area (Å²) in [7, 11) is -0.318. The first-order valence-electron chi connectivity index (χ1n) is 9.95. The van der Waals surface area contributed by atoms with E-state index >= 15 is 4.39 Å². The molecule has 1 N–H and O–H groups in total. The minimum Gasteiger partial charge on any atom is -0.340 e. The Bertz CT molecular complexity index is 1480. The van der Waals surface area contributed by atoms with Crippen LogP contribution in [0.2, 0.25) is 0 Å². The van der Waals surface area contributed by atoms with E-state index in [1.807, 2.05) is 0 Å². The van der Waals surface area contributed by atoms with E-state index in [0.717, 1.165) is 15.9 Å². The smallest absolute Gasteiger partial charge is 0.272 e. The van der Waals surface area contributed by atoms with Gasteiger partial charge in [0.2, 0.25) is 10.0 Å². The van der Waals surface area contributed by atoms with Gasteiger partial charge in [0.25, 0.3) is 5.91 Å². The van der Waals surface area contributed by atoms with E-state index in [9.17, 15) is 17.6 Å². The summed E-state index contributed by atoms with van der Waals surface area (Å²) in [5, 5.41) is 3.33. The lowest BCUT2D eigenvalue weighted by Crippen LogP contribution is -2.24. The van der Waals surface area contributed by atoms with Crippen LogP contribution in [0.15, 0.2) is 66.7 Å². The Morgan fingerprint density at radius 2 is 1.70 bits per heavy atom. The molecule has 0 unspecified atom stereocenters. The Kier molecular flexibility index (Phi) is 5.67. The Balaban J connectivity index is 1.66. The largest absolute Gasteiger partial charge is 0.340 e. The lowest BCUT2D eigenvalue weighted by Gasteiger charge is -2.16. The topological polar surface area (TPSA) is 71.4 Å². The fourth-order valence-corrected chi connectivity index (χ4v) is 4.09. The van der Waals surface area contributed by atoms with Gasteiger partial charge in [-0.1, -0.05) is 30.3 Å². The molecule has 0 spiro atoms. The molecule has 0 aliphatic heterocycles. The predicted octanol–water partition coefficient (Wildman–Crippen LogP) is 4.77. The average molecular weight is 470 g/mol. The molecule has 0 saturated carbocycles. The molecule has 0 radical (unpaired) electrons. The van der Waals surface area contributed by atoms with Crippen LogP contribution in [-0.2, 0) is 17.1 Å². The summed E-state index contributed by atoms with van der Waals surface area (Å²) in [5.74, 6) is -1.58. The normalized spacial score (nSPS) is 11.5. The van der Waals surface area contributed by atoms with Gasteiger partial charge in [0, 0.05) is 25.0 Å². The molecular weight excluding hydrogens is 448 g/mol. The van der Waals surface area contributed by atoms with E-state index in [-0.39, 0.29) is 16.9 Å². The third kappa shape index (κ3) is 4.31. The summed E-state index contributed by atoms with van der Waals surface area (Å²) >= 11 is 0. The van der Waals surface area contributed by atoms with E-state index in [1.54, 1.807) is 48.0 Å². The van der Waals surface area contributed by atoms with Gasteiger partial charge in [-0.25, -0.2) is 17.2 Å². The zero-order valence-corrected chi connectivity index (χ0v) is 19.0. The average Bonchev–Trinajstić information content (AvgIpc) is 3.11. The molecule has 0 bridgehead atoms. The van der Waals surface area contributed by atoms with Crippen molar-refractivity contribution in [1.29, 1.82) is 0 Å². The van der Waals surface area contributed by atoms with Gasteiger partial charge in [0.15, 0.2) is 5.82 Å². The number of halogens is 2. The molecule has 3 aromatic carbocycles. The van der Waals surface area contributed by atoms with Gasteiger partial charge >= 0.3 is 0 Å².